The molecule has 0 radical (unpaired) electrons. The van der Waals surface area contributed by atoms with E-state index in [4.69, 9.17) is 0 Å². The number of rotatable bonds is 15. The molecule has 0 amide bonds. The number of nitrogens with zero attached hydrogens (tertiary/aromatic N) is 2. The lowest BCUT2D eigenvalue weighted by molar-refractivity contribution is -0.935. The largest absolute Gasteiger partial charge is 0.507 e. The summed E-state index contributed by atoms with van der Waals surface area (Å²) in [5.74, 6) is 0.493. The maximum absolute atomic E-state index is 12.6. The van der Waals surface area contributed by atoms with Crippen molar-refractivity contribution < 1.29 is 19.2 Å². The maximum atomic E-state index is 12.6. The van der Waals surface area contributed by atoms with Crippen molar-refractivity contribution in [2.24, 2.45) is 0 Å². The molecule has 0 saturated heterocycles. The lowest BCUT2D eigenvalue weighted by Crippen LogP contribution is -2.44. The Labute approximate surface area is 343 Å². The summed E-state index contributed by atoms with van der Waals surface area (Å²) >= 11 is 0. The van der Waals surface area contributed by atoms with E-state index in [-0.39, 0.29) is 11.5 Å². The SMILES string of the molecule is C[N+](CCc1cc2ccccc2c(-c2c(O)c(CC[N+](C)(Cc3ccccc3)Cc3ccccc3)cc3ccccc23)c1O)(Cc1ccccc1)Cc1ccccc1. The number of phenolic OH excluding ortho intramolecular Hbond substituents is 2. The molecule has 0 bridgehead atoms. The second-order valence-corrected chi connectivity index (χ2v) is 16.7. The van der Waals surface area contributed by atoms with Crippen LogP contribution in [0.4, 0.5) is 0 Å². The van der Waals surface area contributed by atoms with E-state index < -0.39 is 0 Å². The summed E-state index contributed by atoms with van der Waals surface area (Å²) in [6.07, 6.45) is 1.35. The van der Waals surface area contributed by atoms with E-state index in [0.29, 0.717) is 24.0 Å². The molecule has 0 aliphatic carbocycles. The number of benzene rings is 8. The molecule has 0 saturated carbocycles. The van der Waals surface area contributed by atoms with Gasteiger partial charge in [-0.15, -0.1) is 0 Å². The third-order valence-corrected chi connectivity index (χ3v) is 11.9. The summed E-state index contributed by atoms with van der Waals surface area (Å²) in [5, 5.41) is 29.1. The van der Waals surface area contributed by atoms with E-state index in [1.54, 1.807) is 0 Å². The van der Waals surface area contributed by atoms with Crippen molar-refractivity contribution in [2.75, 3.05) is 27.2 Å². The fourth-order valence-electron chi connectivity index (χ4n) is 8.98. The number of hydrogen-bond donors (Lipinski definition) is 2. The summed E-state index contributed by atoms with van der Waals surface area (Å²) in [6, 6.07) is 63.7. The molecule has 0 spiro atoms. The van der Waals surface area contributed by atoms with Gasteiger partial charge in [0.2, 0.25) is 0 Å². The summed E-state index contributed by atoms with van der Waals surface area (Å²) in [7, 11) is 4.65. The van der Waals surface area contributed by atoms with Crippen molar-refractivity contribution in [3.8, 4) is 22.6 Å². The van der Waals surface area contributed by atoms with E-state index in [1.807, 2.05) is 12.1 Å². The molecule has 4 nitrogen and oxygen atoms in total. The number of aromatic hydroxyl groups is 2. The third kappa shape index (κ3) is 8.84. The molecular weight excluding hydrogens is 709 g/mol. The Morgan fingerprint density at radius 3 is 0.948 bits per heavy atom. The molecule has 0 atom stereocenters. The molecular formula is C54H54N2O2+2. The normalized spacial score (nSPS) is 12.0. The van der Waals surface area contributed by atoms with E-state index in [2.05, 4.69) is 184 Å². The second-order valence-electron chi connectivity index (χ2n) is 16.7. The quantitative estimate of drug-likeness (QED) is 0.102. The van der Waals surface area contributed by atoms with Crippen LogP contribution in [0.25, 0.3) is 32.7 Å². The van der Waals surface area contributed by atoms with Crippen molar-refractivity contribution in [1.29, 1.82) is 0 Å². The highest BCUT2D eigenvalue weighted by Crippen LogP contribution is 2.48. The summed E-state index contributed by atoms with van der Waals surface area (Å²) in [4.78, 5) is 0. The van der Waals surface area contributed by atoms with Gasteiger partial charge in [0, 0.05) is 57.3 Å². The van der Waals surface area contributed by atoms with Crippen LogP contribution >= 0.6 is 0 Å². The number of quaternary nitrogens is 2. The first-order chi connectivity index (χ1) is 28.3. The van der Waals surface area contributed by atoms with Crippen LogP contribution in [0.5, 0.6) is 11.5 Å². The van der Waals surface area contributed by atoms with E-state index in [1.165, 1.54) is 22.3 Å². The first-order valence-corrected chi connectivity index (χ1v) is 20.6. The molecule has 8 rings (SSSR count). The lowest BCUT2D eigenvalue weighted by atomic mass is 9.87. The number of likely N-dealkylation sites (N-methyl/N-ethyl adjacent to an activating group) is 2. The Balaban J connectivity index is 1.18. The standard InChI is InChI=1S/C54H52N2O2/c1-55(37-41-19-7-3-8-20-41,38-42-21-9-4-10-22-42)33-31-47-35-45-27-15-17-29-49(45)51(53(47)57)52-50-30-18-16-28-46(50)36-48(54(52)58)32-34-56(2,39-43-23-11-5-12-24-43)40-44-25-13-6-14-26-44/h3-30,35-36H,31-34,37-40H2,1-2H3/p+2. The van der Waals surface area contributed by atoms with Gasteiger partial charge in [0.15, 0.2) is 0 Å². The Kier molecular flexibility index (Phi) is 11.4. The third-order valence-electron chi connectivity index (χ3n) is 11.9. The van der Waals surface area contributed by atoms with Crippen LogP contribution in [0.3, 0.4) is 0 Å². The molecule has 0 fully saturated rings. The van der Waals surface area contributed by atoms with Gasteiger partial charge in [0.25, 0.3) is 0 Å². The van der Waals surface area contributed by atoms with Crippen LogP contribution in [0, 0.1) is 0 Å². The predicted molar refractivity (Wildman–Crippen MR) is 240 cm³/mol. The van der Waals surface area contributed by atoms with Crippen LogP contribution in [0.15, 0.2) is 182 Å². The summed E-state index contributed by atoms with van der Waals surface area (Å²) in [6.45, 7) is 5.13. The van der Waals surface area contributed by atoms with Crippen LogP contribution < -0.4 is 0 Å². The first kappa shape index (κ1) is 38.7. The van der Waals surface area contributed by atoms with Gasteiger partial charge < -0.3 is 19.2 Å². The molecule has 290 valence electrons. The predicted octanol–water partition coefficient (Wildman–Crippen LogP) is 11.9. The number of fused-ring (bicyclic) bond motifs is 2. The van der Waals surface area contributed by atoms with Crippen molar-refractivity contribution in [1.82, 2.24) is 0 Å². The van der Waals surface area contributed by atoms with Crippen molar-refractivity contribution in [3.63, 3.8) is 0 Å². The Bertz CT molecular complexity index is 2340. The average Bonchev–Trinajstić information content (AvgIpc) is 3.24. The molecule has 0 unspecified atom stereocenters. The van der Waals surface area contributed by atoms with Gasteiger partial charge in [-0.3, -0.25) is 0 Å². The van der Waals surface area contributed by atoms with Gasteiger partial charge >= 0.3 is 0 Å². The second kappa shape index (κ2) is 17.1. The van der Waals surface area contributed by atoms with Crippen LogP contribution in [0.2, 0.25) is 0 Å². The Morgan fingerprint density at radius 2 is 0.638 bits per heavy atom. The van der Waals surface area contributed by atoms with E-state index in [0.717, 1.165) is 80.9 Å². The zero-order chi connectivity index (χ0) is 40.0. The highest BCUT2D eigenvalue weighted by molar-refractivity contribution is 6.10. The number of phenols is 2. The zero-order valence-electron chi connectivity index (χ0n) is 33.8. The van der Waals surface area contributed by atoms with Crippen molar-refractivity contribution in [3.05, 3.63) is 215 Å². The number of hydrogen-bond acceptors (Lipinski definition) is 2. The highest BCUT2D eigenvalue weighted by Gasteiger charge is 2.28. The van der Waals surface area contributed by atoms with Crippen LogP contribution in [-0.4, -0.2) is 46.4 Å². The Morgan fingerprint density at radius 1 is 0.362 bits per heavy atom. The van der Waals surface area contributed by atoms with Gasteiger partial charge in [-0.05, 0) is 33.7 Å². The van der Waals surface area contributed by atoms with E-state index >= 15 is 0 Å². The molecule has 2 N–H and O–H groups in total. The summed E-state index contributed by atoms with van der Waals surface area (Å²) < 4.78 is 1.56. The smallest absolute Gasteiger partial charge is 0.127 e. The summed E-state index contributed by atoms with van der Waals surface area (Å²) in [5.41, 5.74) is 8.36. The molecule has 0 aliphatic heterocycles. The fraction of sp³-hybridized carbons (Fsp3) is 0.185. The molecule has 0 heterocycles. The molecule has 0 aromatic heterocycles. The van der Waals surface area contributed by atoms with Gasteiger partial charge in [-0.2, -0.15) is 0 Å². The van der Waals surface area contributed by atoms with Crippen molar-refractivity contribution in [2.45, 2.75) is 39.0 Å². The molecule has 0 aliphatic rings. The maximum Gasteiger partial charge on any atom is 0.127 e. The first-order valence-electron chi connectivity index (χ1n) is 20.6. The van der Waals surface area contributed by atoms with E-state index in [9.17, 15) is 10.2 Å². The highest BCUT2D eigenvalue weighted by atomic mass is 16.3. The minimum Gasteiger partial charge on any atom is -0.507 e. The topological polar surface area (TPSA) is 40.5 Å². The minimum atomic E-state index is 0.246. The van der Waals surface area contributed by atoms with Gasteiger partial charge in [0.1, 0.15) is 37.7 Å². The monoisotopic (exact) mass is 762 g/mol. The van der Waals surface area contributed by atoms with Crippen LogP contribution in [-0.2, 0) is 39.0 Å². The van der Waals surface area contributed by atoms with Gasteiger partial charge in [0.05, 0.1) is 27.2 Å². The molecule has 58 heavy (non-hydrogen) atoms. The molecule has 8 aromatic carbocycles. The molecule has 4 heteroatoms. The van der Waals surface area contributed by atoms with Gasteiger partial charge in [-0.1, -0.05) is 170 Å². The Hall–Kier alpha value is -6.20. The molecule has 8 aromatic rings. The average molecular weight is 763 g/mol. The van der Waals surface area contributed by atoms with Crippen LogP contribution in [0.1, 0.15) is 33.4 Å². The van der Waals surface area contributed by atoms with Crippen molar-refractivity contribution >= 4 is 21.5 Å². The zero-order valence-corrected chi connectivity index (χ0v) is 33.8. The lowest BCUT2D eigenvalue weighted by Gasteiger charge is -2.35. The fourth-order valence-corrected chi connectivity index (χ4v) is 8.98. The minimum absolute atomic E-state index is 0.246. The van der Waals surface area contributed by atoms with Gasteiger partial charge in [-0.25, -0.2) is 0 Å².